The van der Waals surface area contributed by atoms with Crippen LogP contribution >= 0.6 is 15.9 Å². The fourth-order valence-corrected chi connectivity index (χ4v) is 2.41. The topological polar surface area (TPSA) is 76.0 Å². The molecule has 0 fully saturated rings. The van der Waals surface area contributed by atoms with Crippen molar-refractivity contribution in [2.45, 2.75) is 26.8 Å². The van der Waals surface area contributed by atoms with Gasteiger partial charge in [-0.25, -0.2) is 4.68 Å². The van der Waals surface area contributed by atoms with Crippen LogP contribution in [0.3, 0.4) is 0 Å². The molecule has 0 saturated carbocycles. The average Bonchev–Trinajstić information content (AvgIpc) is 2.90. The Labute approximate surface area is 143 Å². The normalized spacial score (nSPS) is 11.8. The second kappa shape index (κ2) is 7.41. The summed E-state index contributed by atoms with van der Waals surface area (Å²) in [6, 6.07) is 7.03. The minimum atomic E-state index is -0.599. The monoisotopic (exact) mass is 378 g/mol. The Hall–Kier alpha value is -2.15. The number of carbonyl (C=O) groups is 2. The van der Waals surface area contributed by atoms with Gasteiger partial charge in [-0.1, -0.05) is 15.9 Å². The Morgan fingerprint density at radius 1 is 1.30 bits per heavy atom. The van der Waals surface area contributed by atoms with E-state index < -0.39 is 6.04 Å². The van der Waals surface area contributed by atoms with Gasteiger partial charge in [0, 0.05) is 11.0 Å². The SMILES string of the molecule is CCNC(=O)C(C)NC(=O)c1cnn(-c2ccc(Br)cc2)c1C. The molecule has 1 heterocycles. The van der Waals surface area contributed by atoms with Crippen LogP contribution in [0.25, 0.3) is 5.69 Å². The molecule has 0 aliphatic rings. The zero-order chi connectivity index (χ0) is 17.0. The molecular weight excluding hydrogens is 360 g/mol. The van der Waals surface area contributed by atoms with Gasteiger partial charge in [-0.05, 0) is 45.0 Å². The van der Waals surface area contributed by atoms with E-state index in [4.69, 9.17) is 0 Å². The van der Waals surface area contributed by atoms with Crippen molar-refractivity contribution in [3.8, 4) is 5.69 Å². The van der Waals surface area contributed by atoms with E-state index in [9.17, 15) is 9.59 Å². The number of hydrogen-bond donors (Lipinski definition) is 2. The number of rotatable bonds is 5. The highest BCUT2D eigenvalue weighted by Crippen LogP contribution is 2.17. The predicted octanol–water partition coefficient (Wildman–Crippen LogP) is 2.20. The van der Waals surface area contributed by atoms with Crippen LogP contribution < -0.4 is 10.6 Å². The van der Waals surface area contributed by atoms with Gasteiger partial charge in [-0.3, -0.25) is 9.59 Å². The molecule has 122 valence electrons. The summed E-state index contributed by atoms with van der Waals surface area (Å²) in [5.74, 6) is -0.525. The van der Waals surface area contributed by atoms with E-state index in [1.54, 1.807) is 11.6 Å². The summed E-state index contributed by atoms with van der Waals surface area (Å²) in [6.45, 7) is 5.83. The first-order valence-corrected chi connectivity index (χ1v) is 8.12. The van der Waals surface area contributed by atoms with Gasteiger partial charge in [0.1, 0.15) is 6.04 Å². The lowest BCUT2D eigenvalue weighted by atomic mass is 10.2. The van der Waals surface area contributed by atoms with Crippen LogP contribution in [-0.2, 0) is 4.79 Å². The lowest BCUT2D eigenvalue weighted by Gasteiger charge is -2.13. The van der Waals surface area contributed by atoms with Gasteiger partial charge < -0.3 is 10.6 Å². The Balaban J connectivity index is 2.17. The molecule has 2 N–H and O–H groups in total. The van der Waals surface area contributed by atoms with E-state index in [1.807, 2.05) is 38.1 Å². The highest BCUT2D eigenvalue weighted by molar-refractivity contribution is 9.10. The summed E-state index contributed by atoms with van der Waals surface area (Å²) in [6.07, 6.45) is 1.51. The van der Waals surface area contributed by atoms with Gasteiger partial charge in [0.2, 0.25) is 5.91 Å². The second-order valence-electron chi connectivity index (χ2n) is 5.12. The molecule has 1 aromatic carbocycles. The maximum Gasteiger partial charge on any atom is 0.255 e. The number of amides is 2. The van der Waals surface area contributed by atoms with Gasteiger partial charge in [-0.15, -0.1) is 0 Å². The lowest BCUT2D eigenvalue weighted by Crippen LogP contribution is -2.44. The maximum atomic E-state index is 12.3. The Morgan fingerprint density at radius 2 is 1.96 bits per heavy atom. The number of likely N-dealkylation sites (N-methyl/N-ethyl adjacent to an activating group) is 1. The van der Waals surface area contributed by atoms with Gasteiger partial charge in [0.05, 0.1) is 23.1 Å². The molecule has 23 heavy (non-hydrogen) atoms. The van der Waals surface area contributed by atoms with Crippen LogP contribution in [0.1, 0.15) is 29.9 Å². The van der Waals surface area contributed by atoms with E-state index in [-0.39, 0.29) is 11.8 Å². The Kier molecular flexibility index (Phi) is 5.54. The van der Waals surface area contributed by atoms with E-state index in [1.165, 1.54) is 6.20 Å². The zero-order valence-electron chi connectivity index (χ0n) is 13.3. The third kappa shape index (κ3) is 3.98. The highest BCUT2D eigenvalue weighted by atomic mass is 79.9. The van der Waals surface area contributed by atoms with Crippen molar-refractivity contribution >= 4 is 27.7 Å². The number of halogens is 1. The zero-order valence-corrected chi connectivity index (χ0v) is 14.8. The first kappa shape index (κ1) is 17.2. The second-order valence-corrected chi connectivity index (χ2v) is 6.04. The number of hydrogen-bond acceptors (Lipinski definition) is 3. The van der Waals surface area contributed by atoms with E-state index in [2.05, 4.69) is 31.7 Å². The molecule has 2 aromatic rings. The van der Waals surface area contributed by atoms with Crippen LogP contribution in [0.4, 0.5) is 0 Å². The van der Waals surface area contributed by atoms with Crippen molar-refractivity contribution in [3.63, 3.8) is 0 Å². The van der Waals surface area contributed by atoms with Gasteiger partial charge in [0.15, 0.2) is 0 Å². The minimum absolute atomic E-state index is 0.209. The molecule has 0 spiro atoms. The van der Waals surface area contributed by atoms with Gasteiger partial charge >= 0.3 is 0 Å². The van der Waals surface area contributed by atoms with E-state index in [0.717, 1.165) is 10.2 Å². The molecule has 0 saturated heterocycles. The number of carbonyl (C=O) groups excluding carboxylic acids is 2. The molecule has 0 bridgehead atoms. The van der Waals surface area contributed by atoms with Crippen LogP contribution in [0.15, 0.2) is 34.9 Å². The number of aromatic nitrogens is 2. The first-order chi connectivity index (χ1) is 10.9. The molecular formula is C16H19BrN4O2. The summed E-state index contributed by atoms with van der Waals surface area (Å²) < 4.78 is 2.66. The molecule has 2 amide bonds. The summed E-state index contributed by atoms with van der Waals surface area (Å²) in [4.78, 5) is 24.0. The molecule has 0 aliphatic carbocycles. The smallest absolute Gasteiger partial charge is 0.255 e. The van der Waals surface area contributed by atoms with E-state index >= 15 is 0 Å². The molecule has 2 rings (SSSR count). The Morgan fingerprint density at radius 3 is 2.57 bits per heavy atom. The third-order valence-corrected chi connectivity index (χ3v) is 3.95. The fraction of sp³-hybridized carbons (Fsp3) is 0.312. The largest absolute Gasteiger partial charge is 0.355 e. The quantitative estimate of drug-likeness (QED) is 0.836. The fourth-order valence-electron chi connectivity index (χ4n) is 2.14. The van der Waals surface area contributed by atoms with Crippen LogP contribution in [-0.4, -0.2) is 34.2 Å². The molecule has 1 atom stereocenters. The summed E-state index contributed by atoms with van der Waals surface area (Å²) in [7, 11) is 0. The molecule has 1 aromatic heterocycles. The van der Waals surface area contributed by atoms with Crippen LogP contribution in [0.5, 0.6) is 0 Å². The lowest BCUT2D eigenvalue weighted by molar-refractivity contribution is -0.122. The number of benzene rings is 1. The number of nitrogens with zero attached hydrogens (tertiary/aromatic N) is 2. The van der Waals surface area contributed by atoms with Crippen molar-refractivity contribution in [3.05, 3.63) is 46.2 Å². The van der Waals surface area contributed by atoms with Crippen LogP contribution in [0.2, 0.25) is 0 Å². The number of nitrogens with one attached hydrogen (secondary N) is 2. The van der Waals surface area contributed by atoms with Crippen molar-refractivity contribution in [1.29, 1.82) is 0 Å². The first-order valence-electron chi connectivity index (χ1n) is 7.33. The van der Waals surface area contributed by atoms with Crippen LogP contribution in [0, 0.1) is 6.92 Å². The standard InChI is InChI=1S/C16H19BrN4O2/c1-4-18-15(22)10(2)20-16(23)14-9-19-21(11(14)3)13-7-5-12(17)6-8-13/h5-10H,4H2,1-3H3,(H,18,22)(H,20,23). The van der Waals surface area contributed by atoms with E-state index in [0.29, 0.717) is 17.8 Å². The van der Waals surface area contributed by atoms with Crippen molar-refractivity contribution in [2.75, 3.05) is 6.54 Å². The summed E-state index contributed by atoms with van der Waals surface area (Å²) >= 11 is 3.39. The summed E-state index contributed by atoms with van der Waals surface area (Å²) in [5, 5.41) is 9.62. The average molecular weight is 379 g/mol. The maximum absolute atomic E-state index is 12.3. The molecule has 6 nitrogen and oxygen atoms in total. The van der Waals surface area contributed by atoms with Gasteiger partial charge in [0.25, 0.3) is 5.91 Å². The van der Waals surface area contributed by atoms with Crippen molar-refractivity contribution in [2.24, 2.45) is 0 Å². The summed E-state index contributed by atoms with van der Waals surface area (Å²) in [5.41, 5.74) is 2.03. The molecule has 0 radical (unpaired) electrons. The van der Waals surface area contributed by atoms with Crippen molar-refractivity contribution in [1.82, 2.24) is 20.4 Å². The third-order valence-electron chi connectivity index (χ3n) is 3.42. The molecule has 7 heteroatoms. The molecule has 1 unspecified atom stereocenters. The Bertz CT molecular complexity index is 709. The van der Waals surface area contributed by atoms with Crippen molar-refractivity contribution < 1.29 is 9.59 Å². The molecule has 0 aliphatic heterocycles. The van der Waals surface area contributed by atoms with Gasteiger partial charge in [-0.2, -0.15) is 5.10 Å². The minimum Gasteiger partial charge on any atom is -0.355 e. The highest BCUT2D eigenvalue weighted by Gasteiger charge is 2.19. The predicted molar refractivity (Wildman–Crippen MR) is 91.6 cm³/mol.